The van der Waals surface area contributed by atoms with Crippen molar-refractivity contribution in [2.45, 2.75) is 13.8 Å². The molecule has 2 aromatic carbocycles. The number of furan rings is 1. The molecule has 1 heterocycles. The number of ether oxygens (including phenoxy) is 1. The van der Waals surface area contributed by atoms with Crippen molar-refractivity contribution in [2.24, 2.45) is 0 Å². The molecule has 0 aliphatic carbocycles. The number of hydrogen-bond acceptors (Lipinski definition) is 6. The second kappa shape index (κ2) is 6.20. The molecule has 0 spiro atoms. The zero-order chi connectivity index (χ0) is 18.1. The first-order valence-electron chi connectivity index (χ1n) is 7.37. The van der Waals surface area contributed by atoms with E-state index in [1.165, 1.54) is 31.2 Å². The fourth-order valence-electron chi connectivity index (χ4n) is 2.59. The van der Waals surface area contributed by atoms with Crippen LogP contribution in [0.1, 0.15) is 33.4 Å². The van der Waals surface area contributed by atoms with Crippen LogP contribution in [0.3, 0.4) is 0 Å². The average molecular weight is 339 g/mol. The molecule has 0 N–H and O–H groups in total. The van der Waals surface area contributed by atoms with E-state index in [0.717, 1.165) is 0 Å². The zero-order valence-corrected chi connectivity index (χ0v) is 13.4. The van der Waals surface area contributed by atoms with Gasteiger partial charge >= 0.3 is 5.97 Å². The minimum atomic E-state index is -0.654. The average Bonchev–Trinajstić information content (AvgIpc) is 2.90. The van der Waals surface area contributed by atoms with Gasteiger partial charge in [-0.1, -0.05) is 0 Å². The summed E-state index contributed by atoms with van der Waals surface area (Å²) < 4.78 is 10.8. The monoisotopic (exact) mass is 339 g/mol. The van der Waals surface area contributed by atoms with E-state index < -0.39 is 10.9 Å². The number of nitrogens with zero attached hydrogens (tertiary/aromatic N) is 1. The second-order valence-corrected chi connectivity index (χ2v) is 5.44. The fourth-order valence-corrected chi connectivity index (χ4v) is 2.59. The van der Waals surface area contributed by atoms with E-state index in [0.29, 0.717) is 22.3 Å². The minimum absolute atomic E-state index is 0.113. The highest BCUT2D eigenvalue weighted by molar-refractivity contribution is 6.07. The number of hydrogen-bond donors (Lipinski definition) is 0. The van der Waals surface area contributed by atoms with Gasteiger partial charge < -0.3 is 9.15 Å². The molecule has 0 amide bonds. The normalized spacial score (nSPS) is 10.6. The molecule has 25 heavy (non-hydrogen) atoms. The molecule has 126 valence electrons. The molecule has 0 bridgehead atoms. The number of benzene rings is 2. The van der Waals surface area contributed by atoms with Gasteiger partial charge in [-0.05, 0) is 44.2 Å². The summed E-state index contributed by atoms with van der Waals surface area (Å²) in [5.74, 6) is -0.0468. The molecular weight excluding hydrogens is 326 g/mol. The van der Waals surface area contributed by atoms with Crippen molar-refractivity contribution in [3.05, 3.63) is 69.5 Å². The lowest BCUT2D eigenvalue weighted by Crippen LogP contribution is -2.08. The van der Waals surface area contributed by atoms with E-state index in [1.807, 2.05) is 0 Å². The van der Waals surface area contributed by atoms with E-state index in [2.05, 4.69) is 0 Å². The molecule has 0 aliphatic heterocycles. The lowest BCUT2D eigenvalue weighted by atomic mass is 10.1. The van der Waals surface area contributed by atoms with E-state index in [4.69, 9.17) is 9.15 Å². The number of carbonyl (C=O) groups excluding carboxylic acids is 2. The molecule has 0 fully saturated rings. The first-order chi connectivity index (χ1) is 11.9. The van der Waals surface area contributed by atoms with Crippen LogP contribution in [0.2, 0.25) is 0 Å². The Morgan fingerprint density at radius 2 is 1.80 bits per heavy atom. The van der Waals surface area contributed by atoms with E-state index >= 15 is 0 Å². The summed E-state index contributed by atoms with van der Waals surface area (Å²) in [6, 6.07) is 9.84. The van der Waals surface area contributed by atoms with Gasteiger partial charge in [0.25, 0.3) is 5.69 Å². The number of non-ortho nitro benzene ring substituents is 1. The van der Waals surface area contributed by atoms with Gasteiger partial charge in [-0.15, -0.1) is 0 Å². The molecule has 0 saturated carbocycles. The van der Waals surface area contributed by atoms with Gasteiger partial charge in [0.1, 0.15) is 17.1 Å². The summed E-state index contributed by atoms with van der Waals surface area (Å²) in [7, 11) is 0. The zero-order valence-electron chi connectivity index (χ0n) is 13.4. The van der Waals surface area contributed by atoms with Crippen LogP contribution in [0.15, 0.2) is 46.9 Å². The summed E-state index contributed by atoms with van der Waals surface area (Å²) in [6.07, 6.45) is 0. The number of Topliss-reactive ketones (excluding diaryl/α,β-unsaturated/α-hetero) is 1. The second-order valence-electron chi connectivity index (χ2n) is 5.44. The Hall–Kier alpha value is -3.48. The molecule has 3 rings (SSSR count). The maximum absolute atomic E-state index is 12.2. The molecule has 0 aliphatic rings. The van der Waals surface area contributed by atoms with Gasteiger partial charge in [0.15, 0.2) is 5.78 Å². The summed E-state index contributed by atoms with van der Waals surface area (Å²) in [6.45, 7) is 3.13. The van der Waals surface area contributed by atoms with Gasteiger partial charge in [-0.3, -0.25) is 14.9 Å². The number of rotatable bonds is 4. The molecule has 0 atom stereocenters. The molecule has 0 saturated heterocycles. The van der Waals surface area contributed by atoms with Crippen LogP contribution in [-0.4, -0.2) is 16.7 Å². The van der Waals surface area contributed by atoms with Crippen LogP contribution in [0, 0.1) is 17.0 Å². The molecular formula is C18H13NO6. The molecule has 1 aromatic heterocycles. The van der Waals surface area contributed by atoms with Gasteiger partial charge in [0.2, 0.25) is 0 Å². The Morgan fingerprint density at radius 3 is 2.40 bits per heavy atom. The predicted molar refractivity (Wildman–Crippen MR) is 89.0 cm³/mol. The number of carbonyl (C=O) groups is 2. The quantitative estimate of drug-likeness (QED) is 0.233. The third-order valence-electron chi connectivity index (χ3n) is 3.71. The summed E-state index contributed by atoms with van der Waals surface area (Å²) >= 11 is 0. The van der Waals surface area contributed by atoms with E-state index in [1.54, 1.807) is 25.1 Å². The Labute approximate surface area is 142 Å². The number of nitro benzene ring substituents is 1. The molecule has 0 unspecified atom stereocenters. The highest BCUT2D eigenvalue weighted by Crippen LogP contribution is 2.29. The third-order valence-corrected chi connectivity index (χ3v) is 3.71. The van der Waals surface area contributed by atoms with Crippen LogP contribution >= 0.6 is 0 Å². The topological polar surface area (TPSA) is 99.7 Å². The van der Waals surface area contributed by atoms with Gasteiger partial charge in [-0.2, -0.15) is 0 Å². The Kier molecular flexibility index (Phi) is 4.06. The van der Waals surface area contributed by atoms with Crippen LogP contribution < -0.4 is 4.74 Å². The van der Waals surface area contributed by atoms with E-state index in [-0.39, 0.29) is 22.8 Å². The smallest absolute Gasteiger partial charge is 0.343 e. The van der Waals surface area contributed by atoms with Crippen molar-refractivity contribution >= 4 is 28.4 Å². The fraction of sp³-hybridized carbons (Fsp3) is 0.111. The Morgan fingerprint density at radius 1 is 1.12 bits per heavy atom. The van der Waals surface area contributed by atoms with Crippen molar-refractivity contribution < 1.29 is 23.7 Å². The van der Waals surface area contributed by atoms with Crippen molar-refractivity contribution in [3.63, 3.8) is 0 Å². The largest absolute Gasteiger partial charge is 0.461 e. The number of ketones is 1. The summed E-state index contributed by atoms with van der Waals surface area (Å²) in [5.41, 5.74) is 1.04. The van der Waals surface area contributed by atoms with Crippen molar-refractivity contribution in [3.8, 4) is 5.75 Å². The molecule has 3 aromatic rings. The molecule has 7 nitrogen and oxygen atoms in total. The lowest BCUT2D eigenvalue weighted by Gasteiger charge is -2.04. The summed E-state index contributed by atoms with van der Waals surface area (Å²) in [4.78, 5) is 34.0. The van der Waals surface area contributed by atoms with Crippen LogP contribution in [0.4, 0.5) is 5.69 Å². The Bertz CT molecular complexity index is 1000. The van der Waals surface area contributed by atoms with Crippen molar-refractivity contribution in [1.29, 1.82) is 0 Å². The van der Waals surface area contributed by atoms with Crippen LogP contribution in [-0.2, 0) is 0 Å². The maximum atomic E-state index is 12.2. The van der Waals surface area contributed by atoms with Gasteiger partial charge in [0.05, 0.1) is 16.1 Å². The van der Waals surface area contributed by atoms with E-state index in [9.17, 15) is 19.7 Å². The minimum Gasteiger partial charge on any atom is -0.461 e. The SMILES string of the molecule is CC(=O)c1c(C)oc2ccc(OC(=O)c3ccc([N+](=O)[O-])cc3)cc12. The first kappa shape index (κ1) is 16.4. The first-order valence-corrected chi connectivity index (χ1v) is 7.37. The van der Waals surface area contributed by atoms with Crippen LogP contribution in [0.5, 0.6) is 5.75 Å². The van der Waals surface area contributed by atoms with Gasteiger partial charge in [0, 0.05) is 17.5 Å². The predicted octanol–water partition coefficient (Wildman–Crippen LogP) is 4.07. The number of aryl methyl sites for hydroxylation is 1. The van der Waals surface area contributed by atoms with Crippen molar-refractivity contribution in [2.75, 3.05) is 0 Å². The lowest BCUT2D eigenvalue weighted by molar-refractivity contribution is -0.384. The molecule has 7 heteroatoms. The number of esters is 1. The number of nitro groups is 1. The van der Waals surface area contributed by atoms with Gasteiger partial charge in [-0.25, -0.2) is 4.79 Å². The Balaban J connectivity index is 1.89. The third kappa shape index (κ3) is 3.12. The highest BCUT2D eigenvalue weighted by Gasteiger charge is 2.17. The summed E-state index contributed by atoms with van der Waals surface area (Å²) in [5, 5.41) is 11.2. The number of fused-ring (bicyclic) bond motifs is 1. The van der Waals surface area contributed by atoms with Crippen molar-refractivity contribution in [1.82, 2.24) is 0 Å². The van der Waals surface area contributed by atoms with Crippen LogP contribution in [0.25, 0.3) is 11.0 Å². The maximum Gasteiger partial charge on any atom is 0.343 e. The highest BCUT2D eigenvalue weighted by atomic mass is 16.6. The molecule has 0 radical (unpaired) electrons. The standard InChI is InChI=1S/C18H13NO6/c1-10(20)17-11(2)24-16-8-7-14(9-15(16)17)25-18(21)12-3-5-13(6-4-12)19(22)23/h3-9H,1-2H3.